The number of amides is 1. The molecule has 6 heteroatoms. The highest BCUT2D eigenvalue weighted by molar-refractivity contribution is 5.85. The van der Waals surface area contributed by atoms with Crippen LogP contribution in [-0.2, 0) is 11.0 Å². The van der Waals surface area contributed by atoms with Crippen LogP contribution in [-0.4, -0.2) is 22.9 Å². The van der Waals surface area contributed by atoms with Crippen LogP contribution in [0.3, 0.4) is 0 Å². The molecule has 1 amide bonds. The zero-order chi connectivity index (χ0) is 15.2. The first-order valence-electron chi connectivity index (χ1n) is 7.17. The Kier molecular flexibility index (Phi) is 3.43. The molecule has 1 aliphatic carbocycles. The molecule has 1 aliphatic heterocycles. The Balaban J connectivity index is 1.86. The zero-order valence-electron chi connectivity index (χ0n) is 11.7. The summed E-state index contributed by atoms with van der Waals surface area (Å²) in [6.45, 7) is 1.93. The SMILES string of the molecule is CCC1NC(c2ccc(C(F)(F)F)cc2)N(C2CC2)C1=O. The summed E-state index contributed by atoms with van der Waals surface area (Å²) >= 11 is 0. The summed E-state index contributed by atoms with van der Waals surface area (Å²) in [7, 11) is 0. The van der Waals surface area contributed by atoms with Gasteiger partial charge in [-0.15, -0.1) is 0 Å². The predicted molar refractivity (Wildman–Crippen MR) is 71.3 cm³/mol. The van der Waals surface area contributed by atoms with Gasteiger partial charge in [0, 0.05) is 6.04 Å². The van der Waals surface area contributed by atoms with E-state index in [1.165, 1.54) is 12.1 Å². The number of alkyl halides is 3. The van der Waals surface area contributed by atoms with E-state index in [9.17, 15) is 18.0 Å². The fraction of sp³-hybridized carbons (Fsp3) is 0.533. The lowest BCUT2D eigenvalue weighted by molar-refractivity contribution is -0.137. The molecule has 1 saturated carbocycles. The number of carbonyl (C=O) groups is 1. The second-order valence-electron chi connectivity index (χ2n) is 5.63. The second-order valence-corrected chi connectivity index (χ2v) is 5.63. The van der Waals surface area contributed by atoms with Crippen molar-refractivity contribution in [2.75, 3.05) is 0 Å². The van der Waals surface area contributed by atoms with Crippen LogP contribution in [0.1, 0.15) is 43.5 Å². The van der Waals surface area contributed by atoms with Gasteiger partial charge >= 0.3 is 6.18 Å². The van der Waals surface area contributed by atoms with Gasteiger partial charge in [0.05, 0.1) is 11.6 Å². The summed E-state index contributed by atoms with van der Waals surface area (Å²) in [6, 6.07) is 5.06. The van der Waals surface area contributed by atoms with Crippen LogP contribution in [0.5, 0.6) is 0 Å². The average Bonchev–Trinajstić information content (AvgIpc) is 3.22. The Morgan fingerprint density at radius 2 is 1.86 bits per heavy atom. The van der Waals surface area contributed by atoms with Crippen molar-refractivity contribution in [1.29, 1.82) is 0 Å². The third kappa shape index (κ3) is 2.64. The smallest absolute Gasteiger partial charge is 0.319 e. The van der Waals surface area contributed by atoms with E-state index in [0.29, 0.717) is 12.0 Å². The molecular formula is C15H17F3N2O. The van der Waals surface area contributed by atoms with Crippen LogP contribution in [0.25, 0.3) is 0 Å². The first kappa shape index (κ1) is 14.4. The van der Waals surface area contributed by atoms with Crippen LogP contribution in [0.4, 0.5) is 13.2 Å². The fourth-order valence-corrected chi connectivity index (χ4v) is 2.80. The number of hydrogen-bond acceptors (Lipinski definition) is 2. The summed E-state index contributed by atoms with van der Waals surface area (Å²) in [5.41, 5.74) is 0.0415. The normalized spacial score (nSPS) is 26.5. The van der Waals surface area contributed by atoms with Crippen molar-refractivity contribution in [3.63, 3.8) is 0 Å². The number of carbonyl (C=O) groups excluding carboxylic acids is 1. The van der Waals surface area contributed by atoms with Gasteiger partial charge < -0.3 is 4.90 Å². The maximum absolute atomic E-state index is 12.6. The summed E-state index contributed by atoms with van der Waals surface area (Å²) < 4.78 is 37.8. The van der Waals surface area contributed by atoms with E-state index < -0.39 is 11.7 Å². The molecule has 3 nitrogen and oxygen atoms in total. The predicted octanol–water partition coefficient (Wildman–Crippen LogP) is 3.08. The third-order valence-electron chi connectivity index (χ3n) is 4.09. The van der Waals surface area contributed by atoms with Gasteiger partial charge in [-0.1, -0.05) is 19.1 Å². The molecular weight excluding hydrogens is 281 g/mol. The standard InChI is InChI=1S/C15H17F3N2O/c1-2-12-14(21)20(11-7-8-11)13(19-12)9-3-5-10(6-4-9)15(16,17)18/h3-6,11-13,19H,2,7-8H2,1H3. The molecule has 0 aromatic heterocycles. The topological polar surface area (TPSA) is 32.3 Å². The first-order valence-corrected chi connectivity index (χ1v) is 7.17. The van der Waals surface area contributed by atoms with Crippen molar-refractivity contribution in [2.24, 2.45) is 0 Å². The van der Waals surface area contributed by atoms with E-state index in [2.05, 4.69) is 5.32 Å². The largest absolute Gasteiger partial charge is 0.416 e. The Morgan fingerprint density at radius 1 is 1.24 bits per heavy atom. The van der Waals surface area contributed by atoms with Gasteiger partial charge in [-0.3, -0.25) is 10.1 Å². The quantitative estimate of drug-likeness (QED) is 0.930. The molecule has 0 radical (unpaired) electrons. The highest BCUT2D eigenvalue weighted by Gasteiger charge is 2.46. The number of benzene rings is 1. The summed E-state index contributed by atoms with van der Waals surface area (Å²) in [4.78, 5) is 14.1. The molecule has 2 fully saturated rings. The van der Waals surface area contributed by atoms with Gasteiger partial charge in [0.2, 0.25) is 5.91 Å². The monoisotopic (exact) mass is 298 g/mol. The molecule has 2 aliphatic rings. The van der Waals surface area contributed by atoms with E-state index in [4.69, 9.17) is 0 Å². The van der Waals surface area contributed by atoms with Gasteiger partial charge in [-0.05, 0) is 37.0 Å². The van der Waals surface area contributed by atoms with Crippen LogP contribution < -0.4 is 5.32 Å². The molecule has 1 aromatic carbocycles. The molecule has 0 spiro atoms. The molecule has 2 atom stereocenters. The molecule has 21 heavy (non-hydrogen) atoms. The minimum absolute atomic E-state index is 0.0601. The molecule has 2 unspecified atom stereocenters. The highest BCUT2D eigenvalue weighted by atomic mass is 19.4. The number of nitrogens with zero attached hydrogens (tertiary/aromatic N) is 1. The summed E-state index contributed by atoms with van der Waals surface area (Å²) in [6.07, 6.45) is -2.02. The molecule has 0 bridgehead atoms. The molecule has 114 valence electrons. The van der Waals surface area contributed by atoms with Crippen molar-refractivity contribution in [1.82, 2.24) is 10.2 Å². The Morgan fingerprint density at radius 3 is 2.33 bits per heavy atom. The number of rotatable bonds is 3. The van der Waals surface area contributed by atoms with Gasteiger partial charge in [0.1, 0.15) is 6.17 Å². The third-order valence-corrected chi connectivity index (χ3v) is 4.09. The zero-order valence-corrected chi connectivity index (χ0v) is 11.7. The molecule has 1 aromatic rings. The molecule has 3 rings (SSSR count). The Bertz CT molecular complexity index is 537. The second kappa shape index (κ2) is 5.02. The lowest BCUT2D eigenvalue weighted by Crippen LogP contribution is -2.32. The van der Waals surface area contributed by atoms with Gasteiger partial charge in [0.25, 0.3) is 0 Å². The van der Waals surface area contributed by atoms with Crippen LogP contribution >= 0.6 is 0 Å². The van der Waals surface area contributed by atoms with Gasteiger partial charge in [-0.25, -0.2) is 0 Å². The maximum atomic E-state index is 12.6. The van der Waals surface area contributed by atoms with Gasteiger partial charge in [0.15, 0.2) is 0 Å². The average molecular weight is 298 g/mol. The molecule has 1 N–H and O–H groups in total. The van der Waals surface area contributed by atoms with Crippen molar-refractivity contribution < 1.29 is 18.0 Å². The summed E-state index contributed by atoms with van der Waals surface area (Å²) in [5.74, 6) is 0.0601. The first-order chi connectivity index (χ1) is 9.91. The van der Waals surface area contributed by atoms with E-state index in [1.807, 2.05) is 6.92 Å². The lowest BCUT2D eigenvalue weighted by Gasteiger charge is -2.24. The van der Waals surface area contributed by atoms with Crippen LogP contribution in [0.15, 0.2) is 24.3 Å². The number of hydrogen-bond donors (Lipinski definition) is 1. The minimum Gasteiger partial charge on any atom is -0.319 e. The van der Waals surface area contributed by atoms with E-state index >= 15 is 0 Å². The van der Waals surface area contributed by atoms with E-state index in [-0.39, 0.29) is 24.2 Å². The van der Waals surface area contributed by atoms with Crippen molar-refractivity contribution in [3.05, 3.63) is 35.4 Å². The Hall–Kier alpha value is -1.56. The van der Waals surface area contributed by atoms with E-state index in [1.54, 1.807) is 4.90 Å². The maximum Gasteiger partial charge on any atom is 0.416 e. The molecule has 1 heterocycles. The highest BCUT2D eigenvalue weighted by Crippen LogP contribution is 2.38. The van der Waals surface area contributed by atoms with Crippen molar-refractivity contribution >= 4 is 5.91 Å². The molecule has 1 saturated heterocycles. The van der Waals surface area contributed by atoms with Crippen molar-refractivity contribution in [3.8, 4) is 0 Å². The summed E-state index contributed by atoms with van der Waals surface area (Å²) in [5, 5.41) is 3.23. The minimum atomic E-state index is -4.33. The van der Waals surface area contributed by atoms with Crippen LogP contribution in [0, 0.1) is 0 Å². The number of halogens is 3. The van der Waals surface area contributed by atoms with Crippen molar-refractivity contribution in [2.45, 2.75) is 50.6 Å². The fourth-order valence-electron chi connectivity index (χ4n) is 2.80. The van der Waals surface area contributed by atoms with Gasteiger partial charge in [-0.2, -0.15) is 13.2 Å². The number of nitrogens with one attached hydrogen (secondary N) is 1. The lowest BCUT2D eigenvalue weighted by atomic mass is 10.1. The Labute approximate surface area is 121 Å². The van der Waals surface area contributed by atoms with E-state index in [0.717, 1.165) is 25.0 Å². The van der Waals surface area contributed by atoms with Crippen LogP contribution in [0.2, 0.25) is 0 Å².